The van der Waals surface area contributed by atoms with Crippen molar-refractivity contribution in [3.8, 4) is 11.4 Å². The van der Waals surface area contributed by atoms with Gasteiger partial charge in [-0.15, -0.1) is 0 Å². The Bertz CT molecular complexity index is 604. The summed E-state index contributed by atoms with van der Waals surface area (Å²) >= 11 is 3.33. The molecule has 2 aromatic rings. The molecule has 3 rings (SSSR count). The second-order valence-electron chi connectivity index (χ2n) is 4.43. The van der Waals surface area contributed by atoms with Crippen LogP contribution >= 0.6 is 15.9 Å². The summed E-state index contributed by atoms with van der Waals surface area (Å²) < 4.78 is 19.1. The molecule has 2 unspecified atom stereocenters. The molecule has 2 atom stereocenters. The fourth-order valence-electron chi connectivity index (χ4n) is 2.06. The molecule has 1 aromatic heterocycles. The van der Waals surface area contributed by atoms with E-state index in [0.717, 1.165) is 0 Å². The first-order chi connectivity index (χ1) is 9.13. The van der Waals surface area contributed by atoms with Crippen molar-refractivity contribution >= 4 is 15.9 Å². The van der Waals surface area contributed by atoms with Crippen LogP contribution in [0.4, 0.5) is 4.39 Å². The Hall–Kier alpha value is -1.31. The summed E-state index contributed by atoms with van der Waals surface area (Å²) in [7, 11) is 0. The topological polar surface area (TPSA) is 71.2 Å². The van der Waals surface area contributed by atoms with Crippen LogP contribution in [0.5, 0.6) is 0 Å². The maximum Gasteiger partial charge on any atom is 0.244 e. The molecule has 0 spiro atoms. The Balaban J connectivity index is 1.90. The van der Waals surface area contributed by atoms with Crippen LogP contribution in [0.3, 0.4) is 0 Å². The van der Waals surface area contributed by atoms with Crippen LogP contribution in [-0.2, 0) is 0 Å². The maximum absolute atomic E-state index is 13.2. The molecule has 1 aromatic carbocycles. The molecule has 2 heterocycles. The number of hydrogen-bond donors (Lipinski definition) is 2. The molecule has 2 N–H and O–H groups in total. The molecular formula is C12H11BrFN3O2. The number of benzene rings is 1. The van der Waals surface area contributed by atoms with Gasteiger partial charge in [-0.2, -0.15) is 4.98 Å². The van der Waals surface area contributed by atoms with Gasteiger partial charge in [0.25, 0.3) is 0 Å². The quantitative estimate of drug-likeness (QED) is 0.883. The van der Waals surface area contributed by atoms with E-state index >= 15 is 0 Å². The minimum Gasteiger partial charge on any atom is -0.392 e. The lowest BCUT2D eigenvalue weighted by molar-refractivity contribution is 0.191. The highest BCUT2D eigenvalue weighted by Gasteiger charge is 2.28. The van der Waals surface area contributed by atoms with Gasteiger partial charge in [-0.3, -0.25) is 0 Å². The normalized spacial score (nSPS) is 22.9. The van der Waals surface area contributed by atoms with E-state index in [1.165, 1.54) is 12.1 Å². The van der Waals surface area contributed by atoms with E-state index in [1.54, 1.807) is 6.07 Å². The molecule has 1 aliphatic heterocycles. The van der Waals surface area contributed by atoms with Crippen LogP contribution in [0.25, 0.3) is 11.4 Å². The SMILES string of the molecule is OC1CNC(c2nc(-c3cc(F)ccc3Br)no2)C1. The van der Waals surface area contributed by atoms with Gasteiger partial charge in [0, 0.05) is 16.6 Å². The number of rotatable bonds is 2. The number of hydrogen-bond acceptors (Lipinski definition) is 5. The van der Waals surface area contributed by atoms with Gasteiger partial charge < -0.3 is 14.9 Å². The first-order valence-electron chi connectivity index (χ1n) is 5.84. The van der Waals surface area contributed by atoms with Gasteiger partial charge in [-0.1, -0.05) is 21.1 Å². The second kappa shape index (κ2) is 4.99. The van der Waals surface area contributed by atoms with Gasteiger partial charge in [0.05, 0.1) is 12.1 Å². The number of aliphatic hydroxyl groups excluding tert-OH is 1. The Morgan fingerprint density at radius 3 is 3.05 bits per heavy atom. The van der Waals surface area contributed by atoms with Gasteiger partial charge >= 0.3 is 0 Å². The first-order valence-corrected chi connectivity index (χ1v) is 6.63. The zero-order valence-corrected chi connectivity index (χ0v) is 11.4. The summed E-state index contributed by atoms with van der Waals surface area (Å²) in [6.45, 7) is 0.506. The van der Waals surface area contributed by atoms with E-state index in [0.29, 0.717) is 34.7 Å². The summed E-state index contributed by atoms with van der Waals surface area (Å²) in [5, 5.41) is 16.4. The third kappa shape index (κ3) is 2.54. The molecule has 5 nitrogen and oxygen atoms in total. The number of nitrogens with one attached hydrogen (secondary N) is 1. The molecular weight excluding hydrogens is 317 g/mol. The zero-order chi connectivity index (χ0) is 13.4. The van der Waals surface area contributed by atoms with E-state index in [4.69, 9.17) is 4.52 Å². The molecule has 19 heavy (non-hydrogen) atoms. The van der Waals surface area contributed by atoms with Crippen LogP contribution in [0.1, 0.15) is 18.4 Å². The summed E-state index contributed by atoms with van der Waals surface area (Å²) in [4.78, 5) is 4.25. The average molecular weight is 328 g/mol. The predicted molar refractivity (Wildman–Crippen MR) is 68.8 cm³/mol. The Labute approximate surface area is 117 Å². The number of β-amino-alcohol motifs (C(OH)–C–C–N with tert-alkyl or cyclic N) is 1. The van der Waals surface area contributed by atoms with E-state index in [9.17, 15) is 9.50 Å². The van der Waals surface area contributed by atoms with Crippen LogP contribution in [0, 0.1) is 5.82 Å². The van der Waals surface area contributed by atoms with Gasteiger partial charge in [0.15, 0.2) is 0 Å². The fourth-order valence-corrected chi connectivity index (χ4v) is 2.48. The monoisotopic (exact) mass is 327 g/mol. The molecule has 0 saturated carbocycles. The van der Waals surface area contributed by atoms with Crippen molar-refractivity contribution in [2.75, 3.05) is 6.54 Å². The van der Waals surface area contributed by atoms with Crippen molar-refractivity contribution in [2.45, 2.75) is 18.6 Å². The highest BCUT2D eigenvalue weighted by Crippen LogP contribution is 2.29. The van der Waals surface area contributed by atoms with Crippen molar-refractivity contribution in [3.05, 3.63) is 34.4 Å². The second-order valence-corrected chi connectivity index (χ2v) is 5.29. The number of aromatic nitrogens is 2. The van der Waals surface area contributed by atoms with Crippen molar-refractivity contribution in [2.24, 2.45) is 0 Å². The molecule has 0 radical (unpaired) electrons. The lowest BCUT2D eigenvalue weighted by atomic mass is 10.2. The van der Waals surface area contributed by atoms with Crippen molar-refractivity contribution < 1.29 is 14.0 Å². The highest BCUT2D eigenvalue weighted by atomic mass is 79.9. The molecule has 1 aliphatic rings. The maximum atomic E-state index is 13.2. The minimum absolute atomic E-state index is 0.149. The van der Waals surface area contributed by atoms with Crippen LogP contribution in [-0.4, -0.2) is 27.9 Å². The fraction of sp³-hybridized carbons (Fsp3) is 0.333. The predicted octanol–water partition coefficient (Wildman–Crippen LogP) is 2.03. The zero-order valence-electron chi connectivity index (χ0n) is 9.81. The third-order valence-corrected chi connectivity index (χ3v) is 3.71. The molecule has 0 aliphatic carbocycles. The summed E-state index contributed by atoms with van der Waals surface area (Å²) in [5.41, 5.74) is 0.536. The Morgan fingerprint density at radius 2 is 2.32 bits per heavy atom. The van der Waals surface area contributed by atoms with Crippen molar-refractivity contribution in [1.82, 2.24) is 15.5 Å². The van der Waals surface area contributed by atoms with Crippen molar-refractivity contribution in [1.29, 1.82) is 0 Å². The van der Waals surface area contributed by atoms with E-state index in [2.05, 4.69) is 31.4 Å². The molecule has 7 heteroatoms. The van der Waals surface area contributed by atoms with E-state index in [-0.39, 0.29) is 11.9 Å². The average Bonchev–Trinajstić information content (AvgIpc) is 3.00. The van der Waals surface area contributed by atoms with Crippen LogP contribution in [0.15, 0.2) is 27.2 Å². The highest BCUT2D eigenvalue weighted by molar-refractivity contribution is 9.10. The summed E-state index contributed by atoms with van der Waals surface area (Å²) in [6, 6.07) is 4.14. The molecule has 0 amide bonds. The van der Waals surface area contributed by atoms with Gasteiger partial charge in [-0.25, -0.2) is 4.39 Å². The van der Waals surface area contributed by atoms with Crippen LogP contribution < -0.4 is 5.32 Å². The van der Waals surface area contributed by atoms with Gasteiger partial charge in [0.2, 0.25) is 11.7 Å². The summed E-state index contributed by atoms with van der Waals surface area (Å²) in [6.07, 6.45) is 0.132. The lowest BCUT2D eigenvalue weighted by Gasteiger charge is -2.02. The molecule has 100 valence electrons. The number of nitrogens with zero attached hydrogens (tertiary/aromatic N) is 2. The van der Waals surface area contributed by atoms with E-state index < -0.39 is 6.10 Å². The Morgan fingerprint density at radius 1 is 1.47 bits per heavy atom. The Kier molecular flexibility index (Phi) is 3.34. The van der Waals surface area contributed by atoms with E-state index in [1.807, 2.05) is 0 Å². The smallest absolute Gasteiger partial charge is 0.244 e. The minimum atomic E-state index is -0.402. The van der Waals surface area contributed by atoms with Crippen LogP contribution in [0.2, 0.25) is 0 Å². The number of halogens is 2. The molecule has 0 bridgehead atoms. The van der Waals surface area contributed by atoms with Gasteiger partial charge in [-0.05, 0) is 24.6 Å². The van der Waals surface area contributed by atoms with Gasteiger partial charge in [0.1, 0.15) is 5.82 Å². The number of aliphatic hydroxyl groups is 1. The van der Waals surface area contributed by atoms with Crippen molar-refractivity contribution in [3.63, 3.8) is 0 Å². The lowest BCUT2D eigenvalue weighted by Crippen LogP contribution is -2.15. The summed E-state index contributed by atoms with van der Waals surface area (Å²) in [5.74, 6) is 0.367. The molecule has 1 saturated heterocycles. The standard InChI is InChI=1S/C12H11BrFN3O2/c13-9-2-1-6(14)3-8(9)11-16-12(19-17-11)10-4-7(18)5-15-10/h1-3,7,10,15,18H,4-5H2. The first kappa shape index (κ1) is 12.7. The largest absolute Gasteiger partial charge is 0.392 e. The molecule has 1 fully saturated rings. The third-order valence-electron chi connectivity index (χ3n) is 3.02.